The zero-order chi connectivity index (χ0) is 15.2. The molecule has 0 spiro atoms. The van der Waals surface area contributed by atoms with Gasteiger partial charge in [-0.25, -0.2) is 0 Å². The molecule has 5 heteroatoms. The Kier molecular flexibility index (Phi) is 4.77. The minimum atomic E-state index is -0.419. The topological polar surface area (TPSA) is 61.6 Å². The molecule has 5 nitrogen and oxygen atoms in total. The van der Waals surface area contributed by atoms with Crippen molar-refractivity contribution in [2.75, 3.05) is 13.2 Å². The number of nitro groups is 1. The second kappa shape index (κ2) is 6.74. The van der Waals surface area contributed by atoms with Crippen LogP contribution in [0.25, 0.3) is 0 Å². The molecule has 21 heavy (non-hydrogen) atoms. The molecule has 110 valence electrons. The van der Waals surface area contributed by atoms with Crippen LogP contribution in [0.1, 0.15) is 11.1 Å². The Labute approximate surface area is 123 Å². The number of hydrogen-bond donors (Lipinski definition) is 0. The molecule has 0 saturated carbocycles. The highest BCUT2D eigenvalue weighted by Crippen LogP contribution is 2.23. The molecule has 2 rings (SSSR count). The van der Waals surface area contributed by atoms with Gasteiger partial charge in [-0.2, -0.15) is 0 Å². The van der Waals surface area contributed by atoms with Crippen molar-refractivity contribution in [1.82, 2.24) is 0 Å². The summed E-state index contributed by atoms with van der Waals surface area (Å²) in [4.78, 5) is 10.2. The molecule has 0 N–H and O–H groups in total. The number of nitrogens with zero attached hydrogens (tertiary/aromatic N) is 1. The van der Waals surface area contributed by atoms with Crippen LogP contribution in [-0.4, -0.2) is 18.1 Å². The van der Waals surface area contributed by atoms with E-state index in [1.807, 2.05) is 31.2 Å². The van der Waals surface area contributed by atoms with Crippen molar-refractivity contribution in [3.8, 4) is 11.5 Å². The number of hydrogen-bond acceptors (Lipinski definition) is 4. The van der Waals surface area contributed by atoms with Crippen LogP contribution in [0.15, 0.2) is 42.5 Å². The van der Waals surface area contributed by atoms with Crippen LogP contribution in [0.3, 0.4) is 0 Å². The maximum atomic E-state index is 10.7. The number of aryl methyl sites for hydroxylation is 2. The lowest BCUT2D eigenvalue weighted by atomic mass is 10.2. The fourth-order valence-corrected chi connectivity index (χ4v) is 1.93. The molecule has 0 bridgehead atoms. The van der Waals surface area contributed by atoms with Gasteiger partial charge in [-0.1, -0.05) is 12.1 Å². The summed E-state index contributed by atoms with van der Waals surface area (Å²) in [5, 5.41) is 10.7. The highest BCUT2D eigenvalue weighted by atomic mass is 16.6. The largest absolute Gasteiger partial charge is 0.490 e. The Hall–Kier alpha value is -2.56. The Morgan fingerprint density at radius 1 is 1.05 bits per heavy atom. The van der Waals surface area contributed by atoms with Gasteiger partial charge in [0.1, 0.15) is 24.7 Å². The highest BCUT2D eigenvalue weighted by molar-refractivity contribution is 5.42. The van der Waals surface area contributed by atoms with Crippen molar-refractivity contribution in [3.63, 3.8) is 0 Å². The fraction of sp³-hybridized carbons (Fsp3) is 0.250. The Morgan fingerprint density at radius 2 is 1.81 bits per heavy atom. The van der Waals surface area contributed by atoms with Gasteiger partial charge in [0, 0.05) is 12.1 Å². The van der Waals surface area contributed by atoms with Crippen LogP contribution in [0.5, 0.6) is 11.5 Å². The van der Waals surface area contributed by atoms with Crippen LogP contribution >= 0.6 is 0 Å². The van der Waals surface area contributed by atoms with E-state index >= 15 is 0 Å². The van der Waals surface area contributed by atoms with Gasteiger partial charge in [0.2, 0.25) is 0 Å². The van der Waals surface area contributed by atoms with E-state index in [1.54, 1.807) is 13.0 Å². The molecule has 0 unspecified atom stereocenters. The summed E-state index contributed by atoms with van der Waals surface area (Å²) in [6, 6.07) is 12.3. The summed E-state index contributed by atoms with van der Waals surface area (Å²) in [6.07, 6.45) is 0. The lowest BCUT2D eigenvalue weighted by molar-refractivity contribution is -0.384. The van der Waals surface area contributed by atoms with Crippen molar-refractivity contribution in [3.05, 3.63) is 63.7 Å². The summed E-state index contributed by atoms with van der Waals surface area (Å²) in [6.45, 7) is 4.58. The minimum Gasteiger partial charge on any atom is -0.490 e. The summed E-state index contributed by atoms with van der Waals surface area (Å²) < 4.78 is 11.2. The first-order valence-corrected chi connectivity index (χ1v) is 6.63. The fourth-order valence-electron chi connectivity index (χ4n) is 1.93. The van der Waals surface area contributed by atoms with Gasteiger partial charge in [0.15, 0.2) is 0 Å². The van der Waals surface area contributed by atoms with Crippen LogP contribution in [-0.2, 0) is 0 Å². The number of non-ortho nitro benzene ring substituents is 1. The minimum absolute atomic E-state index is 0.0656. The van der Waals surface area contributed by atoms with Crippen LogP contribution in [0, 0.1) is 24.0 Å². The molecule has 2 aromatic rings. The smallest absolute Gasteiger partial charge is 0.269 e. The third-order valence-electron chi connectivity index (χ3n) is 2.97. The van der Waals surface area contributed by atoms with Gasteiger partial charge in [-0.15, -0.1) is 0 Å². The van der Waals surface area contributed by atoms with Gasteiger partial charge < -0.3 is 9.47 Å². The van der Waals surface area contributed by atoms with Crippen LogP contribution < -0.4 is 9.47 Å². The molecule has 0 aromatic heterocycles. The first-order chi connectivity index (χ1) is 10.1. The molecule has 0 aliphatic carbocycles. The molecular formula is C16H17NO4. The van der Waals surface area contributed by atoms with E-state index < -0.39 is 4.92 Å². The zero-order valence-electron chi connectivity index (χ0n) is 12.0. The summed E-state index contributed by atoms with van der Waals surface area (Å²) in [7, 11) is 0. The first kappa shape index (κ1) is 14.8. The quantitative estimate of drug-likeness (QED) is 0.462. The van der Waals surface area contributed by atoms with Gasteiger partial charge >= 0.3 is 0 Å². The lowest BCUT2D eigenvalue weighted by Crippen LogP contribution is -2.09. The monoisotopic (exact) mass is 287 g/mol. The molecule has 0 saturated heterocycles. The van der Waals surface area contributed by atoms with E-state index in [9.17, 15) is 10.1 Å². The van der Waals surface area contributed by atoms with Gasteiger partial charge in [0.05, 0.1) is 4.92 Å². The normalized spacial score (nSPS) is 10.2. The molecule has 0 fully saturated rings. The van der Waals surface area contributed by atoms with Gasteiger partial charge in [-0.05, 0) is 43.2 Å². The van der Waals surface area contributed by atoms with Crippen molar-refractivity contribution in [1.29, 1.82) is 0 Å². The van der Waals surface area contributed by atoms with E-state index in [0.717, 1.165) is 16.9 Å². The summed E-state index contributed by atoms with van der Waals surface area (Å²) in [5.74, 6) is 1.44. The average molecular weight is 287 g/mol. The number of rotatable bonds is 6. The molecule has 0 atom stereocenters. The standard InChI is InChI=1S/C16H17NO4/c1-12-4-3-5-15(10-12)20-8-9-21-16-7-6-14(17(18)19)11-13(16)2/h3-7,10-11H,8-9H2,1-2H3. The summed E-state index contributed by atoms with van der Waals surface area (Å²) >= 11 is 0. The van der Waals surface area contributed by atoms with Crippen molar-refractivity contribution >= 4 is 5.69 Å². The van der Waals surface area contributed by atoms with Crippen molar-refractivity contribution < 1.29 is 14.4 Å². The predicted molar refractivity (Wildman–Crippen MR) is 80.0 cm³/mol. The molecule has 0 radical (unpaired) electrons. The number of benzene rings is 2. The number of ether oxygens (including phenoxy) is 2. The van der Waals surface area contributed by atoms with E-state index in [1.165, 1.54) is 12.1 Å². The maximum Gasteiger partial charge on any atom is 0.269 e. The average Bonchev–Trinajstić information content (AvgIpc) is 2.45. The SMILES string of the molecule is Cc1cccc(OCCOc2ccc([N+](=O)[O-])cc2C)c1. The molecule has 2 aromatic carbocycles. The Balaban J connectivity index is 1.85. The molecular weight excluding hydrogens is 270 g/mol. The highest BCUT2D eigenvalue weighted by Gasteiger charge is 2.08. The molecule has 0 heterocycles. The third kappa shape index (κ3) is 4.21. The van der Waals surface area contributed by atoms with E-state index in [2.05, 4.69) is 0 Å². The third-order valence-corrected chi connectivity index (χ3v) is 2.97. The van der Waals surface area contributed by atoms with Crippen molar-refractivity contribution in [2.45, 2.75) is 13.8 Å². The molecule has 0 amide bonds. The number of nitro benzene ring substituents is 1. The van der Waals surface area contributed by atoms with E-state index in [0.29, 0.717) is 19.0 Å². The maximum absolute atomic E-state index is 10.7. The van der Waals surface area contributed by atoms with Crippen LogP contribution in [0.2, 0.25) is 0 Å². The Bertz CT molecular complexity index is 640. The second-order valence-electron chi connectivity index (χ2n) is 4.72. The Morgan fingerprint density at radius 3 is 2.48 bits per heavy atom. The molecule has 0 aliphatic rings. The lowest BCUT2D eigenvalue weighted by Gasteiger charge is -2.10. The van der Waals surface area contributed by atoms with E-state index in [4.69, 9.17) is 9.47 Å². The zero-order valence-corrected chi connectivity index (χ0v) is 12.0. The van der Waals surface area contributed by atoms with Gasteiger partial charge in [-0.3, -0.25) is 10.1 Å². The van der Waals surface area contributed by atoms with E-state index in [-0.39, 0.29) is 5.69 Å². The van der Waals surface area contributed by atoms with Crippen LogP contribution in [0.4, 0.5) is 5.69 Å². The summed E-state index contributed by atoms with van der Waals surface area (Å²) in [5.41, 5.74) is 1.94. The van der Waals surface area contributed by atoms with Gasteiger partial charge in [0.25, 0.3) is 5.69 Å². The predicted octanol–water partition coefficient (Wildman–Crippen LogP) is 3.67. The second-order valence-corrected chi connectivity index (χ2v) is 4.72. The first-order valence-electron chi connectivity index (χ1n) is 6.63. The molecule has 0 aliphatic heterocycles. The van der Waals surface area contributed by atoms with Crippen molar-refractivity contribution in [2.24, 2.45) is 0 Å².